The molecular weight excluding hydrogens is 332 g/mol. The summed E-state index contributed by atoms with van der Waals surface area (Å²) in [5.74, 6) is -0.00927. The molecule has 1 aromatic carbocycles. The maximum absolute atomic E-state index is 12.4. The Morgan fingerprint density at radius 2 is 2.00 bits per heavy atom. The Balaban J connectivity index is 1.64. The fourth-order valence-electron chi connectivity index (χ4n) is 3.62. The van der Waals surface area contributed by atoms with Crippen LogP contribution in [0.3, 0.4) is 0 Å². The molecule has 1 amide bonds. The molecule has 6 heteroatoms. The molecule has 0 radical (unpaired) electrons. The van der Waals surface area contributed by atoms with Gasteiger partial charge in [0, 0.05) is 23.0 Å². The van der Waals surface area contributed by atoms with E-state index >= 15 is 0 Å². The standard InChI is InChI=1S/C20H24N2O4/c1-12-6-5-9-16(13(12)2)21-19(24)11-26-20(25)15-10-18(23)22-17-8-4-3-7-14(15)17/h3-4,7-8,10,12-13,16H,5-6,9,11H2,1-2H3,(H,21,24)(H,22,23)/t12-,13+,16-/m1/s1. The van der Waals surface area contributed by atoms with Gasteiger partial charge in [-0.2, -0.15) is 0 Å². The van der Waals surface area contributed by atoms with Crippen LogP contribution in [0.5, 0.6) is 0 Å². The molecule has 0 bridgehead atoms. The highest BCUT2D eigenvalue weighted by molar-refractivity contribution is 6.03. The summed E-state index contributed by atoms with van der Waals surface area (Å²) in [6.07, 6.45) is 3.22. The van der Waals surface area contributed by atoms with E-state index in [2.05, 4.69) is 24.1 Å². The van der Waals surface area contributed by atoms with Crippen LogP contribution in [0, 0.1) is 11.8 Å². The second-order valence-electron chi connectivity index (χ2n) is 7.11. The molecule has 0 aliphatic heterocycles. The average molecular weight is 356 g/mol. The van der Waals surface area contributed by atoms with Crippen molar-refractivity contribution in [2.24, 2.45) is 11.8 Å². The van der Waals surface area contributed by atoms with Gasteiger partial charge < -0.3 is 15.0 Å². The lowest BCUT2D eigenvalue weighted by Gasteiger charge is -2.34. The van der Waals surface area contributed by atoms with Crippen LogP contribution >= 0.6 is 0 Å². The molecule has 0 unspecified atom stereocenters. The zero-order chi connectivity index (χ0) is 18.7. The zero-order valence-corrected chi connectivity index (χ0v) is 15.1. The number of hydrogen-bond donors (Lipinski definition) is 2. The largest absolute Gasteiger partial charge is 0.452 e. The van der Waals surface area contributed by atoms with Gasteiger partial charge in [-0.25, -0.2) is 4.79 Å². The number of benzene rings is 1. The third-order valence-electron chi connectivity index (χ3n) is 5.36. The number of carbonyl (C=O) groups excluding carboxylic acids is 2. The van der Waals surface area contributed by atoms with E-state index in [1.807, 2.05) is 0 Å². The Kier molecular flexibility index (Phi) is 5.40. The average Bonchev–Trinajstić information content (AvgIpc) is 2.62. The molecule has 1 heterocycles. The number of H-pyrrole nitrogens is 1. The predicted molar refractivity (Wildman–Crippen MR) is 99.0 cm³/mol. The van der Waals surface area contributed by atoms with Crippen LogP contribution in [-0.4, -0.2) is 29.5 Å². The number of esters is 1. The summed E-state index contributed by atoms with van der Waals surface area (Å²) in [5, 5.41) is 3.56. The van der Waals surface area contributed by atoms with Crippen LogP contribution in [0.15, 0.2) is 35.1 Å². The molecule has 2 aromatic rings. The van der Waals surface area contributed by atoms with Crippen molar-refractivity contribution in [3.63, 3.8) is 0 Å². The molecule has 1 fully saturated rings. The number of nitrogens with one attached hydrogen (secondary N) is 2. The predicted octanol–water partition coefficient (Wildman–Crippen LogP) is 2.63. The fourth-order valence-corrected chi connectivity index (χ4v) is 3.62. The normalized spacial score (nSPS) is 22.8. The van der Waals surface area contributed by atoms with E-state index in [-0.39, 0.29) is 29.7 Å². The van der Waals surface area contributed by atoms with Gasteiger partial charge in [0.15, 0.2) is 6.61 Å². The van der Waals surface area contributed by atoms with Crippen molar-refractivity contribution in [2.45, 2.75) is 39.2 Å². The van der Waals surface area contributed by atoms with Crippen molar-refractivity contribution in [3.8, 4) is 0 Å². The van der Waals surface area contributed by atoms with E-state index in [1.54, 1.807) is 24.3 Å². The van der Waals surface area contributed by atoms with E-state index in [0.717, 1.165) is 12.8 Å². The Labute approximate surface area is 151 Å². The van der Waals surface area contributed by atoms with Crippen LogP contribution in [0.2, 0.25) is 0 Å². The van der Waals surface area contributed by atoms with E-state index in [1.165, 1.54) is 12.5 Å². The van der Waals surface area contributed by atoms with E-state index in [4.69, 9.17) is 4.74 Å². The molecular formula is C20H24N2O4. The van der Waals surface area contributed by atoms with Gasteiger partial charge in [0.25, 0.3) is 5.91 Å². The number of para-hydroxylation sites is 1. The van der Waals surface area contributed by atoms with Gasteiger partial charge in [-0.3, -0.25) is 9.59 Å². The highest BCUT2D eigenvalue weighted by Crippen LogP contribution is 2.29. The lowest BCUT2D eigenvalue weighted by molar-refractivity contribution is -0.125. The number of aromatic nitrogens is 1. The second kappa shape index (κ2) is 7.72. The Bertz CT molecular complexity index is 873. The minimum Gasteiger partial charge on any atom is -0.452 e. The van der Waals surface area contributed by atoms with E-state index in [9.17, 15) is 14.4 Å². The molecule has 3 atom stereocenters. The van der Waals surface area contributed by atoms with Gasteiger partial charge in [-0.05, 0) is 24.3 Å². The van der Waals surface area contributed by atoms with Gasteiger partial charge >= 0.3 is 5.97 Å². The van der Waals surface area contributed by atoms with Crippen LogP contribution in [0.25, 0.3) is 10.9 Å². The highest BCUT2D eigenvalue weighted by Gasteiger charge is 2.28. The molecule has 1 aliphatic rings. The number of hydrogen-bond acceptors (Lipinski definition) is 4. The first kappa shape index (κ1) is 18.2. The minimum atomic E-state index is -0.674. The number of ether oxygens (including phenoxy) is 1. The number of aromatic amines is 1. The van der Waals surface area contributed by atoms with E-state index < -0.39 is 5.97 Å². The number of rotatable bonds is 4. The molecule has 0 spiro atoms. The third-order valence-corrected chi connectivity index (χ3v) is 5.36. The molecule has 1 aromatic heterocycles. The van der Waals surface area contributed by atoms with Crippen LogP contribution < -0.4 is 10.9 Å². The van der Waals surface area contributed by atoms with Crippen molar-refractivity contribution < 1.29 is 14.3 Å². The number of fused-ring (bicyclic) bond motifs is 1. The van der Waals surface area contributed by atoms with Crippen LogP contribution in [-0.2, 0) is 9.53 Å². The first-order valence-corrected chi connectivity index (χ1v) is 9.04. The summed E-state index contributed by atoms with van der Waals surface area (Å²) in [6, 6.07) is 8.31. The molecule has 6 nitrogen and oxygen atoms in total. The first-order chi connectivity index (χ1) is 12.5. The Morgan fingerprint density at radius 3 is 2.81 bits per heavy atom. The second-order valence-corrected chi connectivity index (χ2v) is 7.11. The minimum absolute atomic E-state index is 0.116. The van der Waals surface area contributed by atoms with Crippen molar-refractivity contribution >= 4 is 22.8 Å². The smallest absolute Gasteiger partial charge is 0.339 e. The van der Waals surface area contributed by atoms with Gasteiger partial charge in [0.2, 0.25) is 5.56 Å². The monoisotopic (exact) mass is 356 g/mol. The van der Waals surface area contributed by atoms with Crippen LogP contribution in [0.4, 0.5) is 0 Å². The number of amides is 1. The Hall–Kier alpha value is -2.63. The SMILES string of the molecule is C[C@H]1[C@H](C)CCC[C@H]1NC(=O)COC(=O)c1cc(=O)[nH]c2ccccc12. The summed E-state index contributed by atoms with van der Waals surface area (Å²) in [6.45, 7) is 3.99. The van der Waals surface area contributed by atoms with Gasteiger partial charge in [0.1, 0.15) is 0 Å². The lowest BCUT2D eigenvalue weighted by Crippen LogP contribution is -2.45. The van der Waals surface area contributed by atoms with Gasteiger partial charge in [0.05, 0.1) is 5.56 Å². The molecule has 1 saturated carbocycles. The zero-order valence-electron chi connectivity index (χ0n) is 15.1. The number of carbonyl (C=O) groups is 2. The van der Waals surface area contributed by atoms with E-state index in [0.29, 0.717) is 22.7 Å². The molecule has 1 aliphatic carbocycles. The Morgan fingerprint density at radius 1 is 1.23 bits per heavy atom. The molecule has 0 saturated heterocycles. The molecule has 3 rings (SSSR count). The maximum Gasteiger partial charge on any atom is 0.339 e. The number of pyridine rings is 1. The molecule has 138 valence electrons. The summed E-state index contributed by atoms with van der Waals surface area (Å²) >= 11 is 0. The molecule has 26 heavy (non-hydrogen) atoms. The quantitative estimate of drug-likeness (QED) is 0.824. The van der Waals surface area contributed by atoms with Gasteiger partial charge in [-0.1, -0.05) is 44.9 Å². The fraction of sp³-hybridized carbons (Fsp3) is 0.450. The molecule has 2 N–H and O–H groups in total. The summed E-state index contributed by atoms with van der Waals surface area (Å²) in [5.41, 5.74) is 0.336. The first-order valence-electron chi connectivity index (χ1n) is 9.04. The summed E-state index contributed by atoms with van der Waals surface area (Å²) in [4.78, 5) is 38.9. The highest BCUT2D eigenvalue weighted by atomic mass is 16.5. The van der Waals surface area contributed by atoms with Crippen molar-refractivity contribution in [1.82, 2.24) is 10.3 Å². The summed E-state index contributed by atoms with van der Waals surface area (Å²) in [7, 11) is 0. The maximum atomic E-state index is 12.4. The topological polar surface area (TPSA) is 88.3 Å². The van der Waals surface area contributed by atoms with Crippen molar-refractivity contribution in [3.05, 3.63) is 46.2 Å². The van der Waals surface area contributed by atoms with Gasteiger partial charge in [-0.15, -0.1) is 0 Å². The summed E-state index contributed by atoms with van der Waals surface area (Å²) < 4.78 is 5.15. The third kappa shape index (κ3) is 3.95. The van der Waals surface area contributed by atoms with Crippen molar-refractivity contribution in [2.75, 3.05) is 6.61 Å². The van der Waals surface area contributed by atoms with Crippen LogP contribution in [0.1, 0.15) is 43.5 Å². The van der Waals surface area contributed by atoms with Crippen molar-refractivity contribution in [1.29, 1.82) is 0 Å². The lowest BCUT2D eigenvalue weighted by atomic mass is 9.78.